The standard InChI is InChI=1S/C12H12ClFN4O/c1-3-19-12-17-10(13)16-11(18-12)15-9-5-4-7(2)6-8(9)14/h4-6H,3H2,1-2H3,(H,15,16,17,18). The van der Waals surface area contributed by atoms with Gasteiger partial charge in [0.1, 0.15) is 5.82 Å². The van der Waals surface area contributed by atoms with Crippen molar-refractivity contribution in [1.29, 1.82) is 0 Å². The first-order chi connectivity index (χ1) is 9.08. The van der Waals surface area contributed by atoms with Gasteiger partial charge in [0.05, 0.1) is 12.3 Å². The molecule has 1 aromatic carbocycles. The van der Waals surface area contributed by atoms with Crippen LogP contribution >= 0.6 is 11.6 Å². The molecule has 100 valence electrons. The molecule has 0 atom stereocenters. The van der Waals surface area contributed by atoms with Gasteiger partial charge in [0.2, 0.25) is 11.2 Å². The van der Waals surface area contributed by atoms with Gasteiger partial charge in [0.15, 0.2) is 0 Å². The van der Waals surface area contributed by atoms with Crippen LogP contribution in [0.2, 0.25) is 5.28 Å². The molecule has 1 heterocycles. The number of nitrogens with one attached hydrogen (secondary N) is 1. The first-order valence-electron chi connectivity index (χ1n) is 5.66. The fourth-order valence-corrected chi connectivity index (χ4v) is 1.58. The summed E-state index contributed by atoms with van der Waals surface area (Å²) in [7, 11) is 0. The van der Waals surface area contributed by atoms with E-state index in [1.807, 2.05) is 0 Å². The third kappa shape index (κ3) is 3.51. The summed E-state index contributed by atoms with van der Waals surface area (Å²) in [5.41, 5.74) is 1.09. The van der Waals surface area contributed by atoms with E-state index in [-0.39, 0.29) is 22.9 Å². The molecule has 0 aliphatic heterocycles. The number of rotatable bonds is 4. The molecule has 0 saturated carbocycles. The number of halogens is 2. The quantitative estimate of drug-likeness (QED) is 0.933. The molecule has 0 aliphatic carbocycles. The molecule has 0 fully saturated rings. The Hall–Kier alpha value is -1.95. The van der Waals surface area contributed by atoms with Crippen LogP contribution in [0.15, 0.2) is 18.2 Å². The van der Waals surface area contributed by atoms with Gasteiger partial charge < -0.3 is 10.1 Å². The Morgan fingerprint density at radius 1 is 1.32 bits per heavy atom. The second-order valence-corrected chi connectivity index (χ2v) is 4.09. The van der Waals surface area contributed by atoms with Crippen molar-refractivity contribution in [3.63, 3.8) is 0 Å². The first-order valence-corrected chi connectivity index (χ1v) is 6.04. The van der Waals surface area contributed by atoms with Gasteiger partial charge >= 0.3 is 6.01 Å². The Bertz CT molecular complexity index is 594. The van der Waals surface area contributed by atoms with Gasteiger partial charge in [-0.25, -0.2) is 4.39 Å². The molecule has 2 aromatic rings. The molecule has 19 heavy (non-hydrogen) atoms. The fraction of sp³-hybridized carbons (Fsp3) is 0.250. The smallest absolute Gasteiger partial charge is 0.322 e. The Morgan fingerprint density at radius 3 is 2.79 bits per heavy atom. The van der Waals surface area contributed by atoms with E-state index in [0.717, 1.165) is 5.56 Å². The van der Waals surface area contributed by atoms with E-state index in [0.29, 0.717) is 6.61 Å². The number of hydrogen-bond acceptors (Lipinski definition) is 5. The number of ether oxygens (including phenoxy) is 1. The zero-order valence-electron chi connectivity index (χ0n) is 10.4. The van der Waals surface area contributed by atoms with Crippen LogP contribution in [-0.2, 0) is 0 Å². The van der Waals surface area contributed by atoms with Crippen LogP contribution in [0.3, 0.4) is 0 Å². The van der Waals surface area contributed by atoms with Crippen LogP contribution in [0.4, 0.5) is 16.0 Å². The molecule has 0 radical (unpaired) electrons. The van der Waals surface area contributed by atoms with Crippen LogP contribution in [-0.4, -0.2) is 21.6 Å². The molecule has 7 heteroatoms. The van der Waals surface area contributed by atoms with Crippen molar-refractivity contribution in [1.82, 2.24) is 15.0 Å². The number of aryl methyl sites for hydroxylation is 1. The molecule has 1 aromatic heterocycles. The summed E-state index contributed by atoms with van der Waals surface area (Å²) in [5.74, 6) is -0.263. The Labute approximate surface area is 114 Å². The van der Waals surface area contributed by atoms with E-state index < -0.39 is 5.82 Å². The van der Waals surface area contributed by atoms with Crippen molar-refractivity contribution in [2.24, 2.45) is 0 Å². The van der Waals surface area contributed by atoms with Gasteiger partial charge in [0, 0.05) is 0 Å². The minimum Gasteiger partial charge on any atom is -0.464 e. The van der Waals surface area contributed by atoms with Crippen LogP contribution in [0.1, 0.15) is 12.5 Å². The summed E-state index contributed by atoms with van der Waals surface area (Å²) in [6.07, 6.45) is 0. The zero-order valence-corrected chi connectivity index (χ0v) is 11.2. The lowest BCUT2D eigenvalue weighted by Gasteiger charge is -2.08. The topological polar surface area (TPSA) is 59.9 Å². The first kappa shape index (κ1) is 13.5. The molecule has 0 bridgehead atoms. The molecule has 2 rings (SSSR count). The van der Waals surface area contributed by atoms with Crippen molar-refractivity contribution < 1.29 is 9.13 Å². The van der Waals surface area contributed by atoms with Crippen LogP contribution in [0, 0.1) is 12.7 Å². The molecule has 0 saturated heterocycles. The average molecular weight is 283 g/mol. The van der Waals surface area contributed by atoms with Gasteiger partial charge in [-0.15, -0.1) is 0 Å². The molecule has 0 spiro atoms. The minimum atomic E-state index is -0.394. The highest BCUT2D eigenvalue weighted by molar-refractivity contribution is 6.28. The van der Waals surface area contributed by atoms with Crippen LogP contribution in [0.25, 0.3) is 0 Å². The van der Waals surface area contributed by atoms with E-state index in [4.69, 9.17) is 16.3 Å². The van der Waals surface area contributed by atoms with Crippen molar-refractivity contribution in [2.45, 2.75) is 13.8 Å². The maximum absolute atomic E-state index is 13.7. The lowest BCUT2D eigenvalue weighted by atomic mass is 10.2. The third-order valence-electron chi connectivity index (χ3n) is 2.23. The fourth-order valence-electron chi connectivity index (χ4n) is 1.42. The second-order valence-electron chi connectivity index (χ2n) is 3.75. The summed E-state index contributed by atoms with van der Waals surface area (Å²) < 4.78 is 18.8. The average Bonchev–Trinajstić information content (AvgIpc) is 2.32. The largest absolute Gasteiger partial charge is 0.464 e. The third-order valence-corrected chi connectivity index (χ3v) is 2.40. The number of anilines is 2. The summed E-state index contributed by atoms with van der Waals surface area (Å²) >= 11 is 5.74. The van der Waals surface area contributed by atoms with E-state index >= 15 is 0 Å². The summed E-state index contributed by atoms with van der Waals surface area (Å²) in [6, 6.07) is 4.88. The highest BCUT2D eigenvalue weighted by atomic mass is 35.5. The lowest BCUT2D eigenvalue weighted by Crippen LogP contribution is -2.04. The van der Waals surface area contributed by atoms with Crippen molar-refractivity contribution in [3.8, 4) is 6.01 Å². The van der Waals surface area contributed by atoms with Crippen molar-refractivity contribution in [3.05, 3.63) is 34.9 Å². The van der Waals surface area contributed by atoms with E-state index in [9.17, 15) is 4.39 Å². The Kier molecular flexibility index (Phi) is 4.11. The zero-order chi connectivity index (χ0) is 13.8. The summed E-state index contributed by atoms with van der Waals surface area (Å²) in [4.78, 5) is 11.6. The number of nitrogens with zero attached hydrogens (tertiary/aromatic N) is 3. The molecule has 5 nitrogen and oxygen atoms in total. The van der Waals surface area contributed by atoms with E-state index in [2.05, 4.69) is 20.3 Å². The van der Waals surface area contributed by atoms with E-state index in [1.165, 1.54) is 6.07 Å². The maximum Gasteiger partial charge on any atom is 0.322 e. The molecule has 0 unspecified atom stereocenters. The van der Waals surface area contributed by atoms with Crippen LogP contribution in [0.5, 0.6) is 6.01 Å². The minimum absolute atomic E-state index is 0.0199. The van der Waals surface area contributed by atoms with Crippen LogP contribution < -0.4 is 10.1 Å². The maximum atomic E-state index is 13.7. The molecule has 0 aliphatic rings. The highest BCUT2D eigenvalue weighted by Gasteiger charge is 2.08. The highest BCUT2D eigenvalue weighted by Crippen LogP contribution is 2.20. The van der Waals surface area contributed by atoms with Gasteiger partial charge in [-0.1, -0.05) is 6.07 Å². The molecular formula is C12H12ClFN4O. The number of hydrogen-bond donors (Lipinski definition) is 1. The van der Waals surface area contributed by atoms with E-state index in [1.54, 1.807) is 26.0 Å². The predicted octanol–water partition coefficient (Wildman–Crippen LogP) is 3.11. The number of aromatic nitrogens is 3. The van der Waals surface area contributed by atoms with Crippen molar-refractivity contribution >= 4 is 23.2 Å². The van der Waals surface area contributed by atoms with Gasteiger partial charge in [-0.05, 0) is 43.1 Å². The second kappa shape index (κ2) is 5.79. The molecular weight excluding hydrogens is 271 g/mol. The normalized spacial score (nSPS) is 10.3. The van der Waals surface area contributed by atoms with Gasteiger partial charge in [0.25, 0.3) is 0 Å². The van der Waals surface area contributed by atoms with Crippen molar-refractivity contribution in [2.75, 3.05) is 11.9 Å². The lowest BCUT2D eigenvalue weighted by molar-refractivity contribution is 0.312. The molecule has 1 N–H and O–H groups in total. The summed E-state index contributed by atoms with van der Waals surface area (Å²) in [6.45, 7) is 4.00. The molecule has 0 amide bonds. The SMILES string of the molecule is CCOc1nc(Cl)nc(Nc2ccc(C)cc2F)n1. The monoisotopic (exact) mass is 282 g/mol. The summed E-state index contributed by atoms with van der Waals surface area (Å²) in [5, 5.41) is 2.72. The van der Waals surface area contributed by atoms with Gasteiger partial charge in [-0.2, -0.15) is 15.0 Å². The Morgan fingerprint density at radius 2 is 2.11 bits per heavy atom. The predicted molar refractivity (Wildman–Crippen MR) is 70.4 cm³/mol. The van der Waals surface area contributed by atoms with Gasteiger partial charge in [-0.3, -0.25) is 0 Å². The number of benzene rings is 1. The Balaban J connectivity index is 2.27.